The van der Waals surface area contributed by atoms with Gasteiger partial charge in [0.05, 0.1) is 6.61 Å². The van der Waals surface area contributed by atoms with Crippen molar-refractivity contribution in [1.29, 1.82) is 0 Å². The quantitative estimate of drug-likeness (QED) is 0.231. The van der Waals surface area contributed by atoms with E-state index < -0.39 is 32.5 Å². The first-order valence-electron chi connectivity index (χ1n) is 9.33. The van der Waals surface area contributed by atoms with E-state index in [1.54, 1.807) is 0 Å². The van der Waals surface area contributed by atoms with Gasteiger partial charge in [0.15, 0.2) is 6.10 Å². The molecule has 0 aliphatic rings. The average Bonchev–Trinajstić information content (AvgIpc) is 2.57. The van der Waals surface area contributed by atoms with E-state index in [0.717, 1.165) is 38.5 Å². The molecule has 0 aromatic rings. The van der Waals surface area contributed by atoms with Gasteiger partial charge >= 0.3 is 19.8 Å². The number of carbonyl (C=O) groups excluding carboxylic acids is 2. The fraction of sp³-hybridized carbons (Fsp3) is 0.882. The zero-order valence-electron chi connectivity index (χ0n) is 15.9. The molecule has 0 spiro atoms. The third kappa shape index (κ3) is 16.5. The topological polar surface area (TPSA) is 119 Å². The molecule has 0 heterocycles. The van der Waals surface area contributed by atoms with Crippen molar-refractivity contribution in [2.24, 2.45) is 0 Å². The third-order valence-electron chi connectivity index (χ3n) is 3.63. The van der Waals surface area contributed by atoms with Gasteiger partial charge in [-0.1, -0.05) is 52.4 Å². The molecule has 0 bridgehead atoms. The summed E-state index contributed by atoms with van der Waals surface area (Å²) in [5.41, 5.74) is 0. The van der Waals surface area contributed by atoms with Crippen LogP contribution in [0.3, 0.4) is 0 Å². The largest absolute Gasteiger partial charge is 0.469 e. The number of phosphoric ester groups is 1. The summed E-state index contributed by atoms with van der Waals surface area (Å²) in [6.07, 6.45) is 6.83. The van der Waals surface area contributed by atoms with Crippen LogP contribution in [0.4, 0.5) is 0 Å². The number of phosphoric acid groups is 1. The zero-order valence-corrected chi connectivity index (χ0v) is 16.7. The molecular weight excluding hydrogens is 363 g/mol. The van der Waals surface area contributed by atoms with Crippen LogP contribution in [-0.2, 0) is 28.2 Å². The molecule has 0 aliphatic carbocycles. The molecule has 0 rings (SSSR count). The molecule has 0 amide bonds. The van der Waals surface area contributed by atoms with E-state index in [2.05, 4.69) is 18.4 Å². The molecule has 0 aromatic carbocycles. The van der Waals surface area contributed by atoms with Gasteiger partial charge in [0.2, 0.25) is 0 Å². The van der Waals surface area contributed by atoms with Crippen molar-refractivity contribution < 1.29 is 37.9 Å². The summed E-state index contributed by atoms with van der Waals surface area (Å²) in [7, 11) is -4.70. The molecule has 8 nitrogen and oxygen atoms in total. The standard InChI is InChI=1S/C17H33O8P/c1-3-5-7-9-11-16(18)23-13-15(14-24-26(20,21)22)25-17(19)12-10-8-6-4-2/h15H,3-14H2,1-2H3,(H2,20,21,22)/t15-/m0/s1. The average molecular weight is 396 g/mol. The van der Waals surface area contributed by atoms with Gasteiger partial charge in [0, 0.05) is 12.8 Å². The second-order valence-corrected chi connectivity index (χ2v) is 7.44. The lowest BCUT2D eigenvalue weighted by atomic mass is 10.1. The monoisotopic (exact) mass is 396 g/mol. The van der Waals surface area contributed by atoms with E-state index in [4.69, 9.17) is 19.3 Å². The predicted molar refractivity (Wildman–Crippen MR) is 96.4 cm³/mol. The summed E-state index contributed by atoms with van der Waals surface area (Å²) < 4.78 is 25.4. The Hall–Kier alpha value is -0.950. The van der Waals surface area contributed by atoms with E-state index in [-0.39, 0.29) is 19.4 Å². The first kappa shape index (κ1) is 25.1. The number of unbranched alkanes of at least 4 members (excludes halogenated alkanes) is 6. The Morgan fingerprint density at radius 3 is 1.88 bits per heavy atom. The summed E-state index contributed by atoms with van der Waals surface area (Å²) in [4.78, 5) is 41.1. The van der Waals surface area contributed by atoms with Crippen molar-refractivity contribution in [3.8, 4) is 0 Å². The molecule has 0 fully saturated rings. The first-order valence-corrected chi connectivity index (χ1v) is 10.9. The molecule has 0 unspecified atom stereocenters. The molecule has 2 N–H and O–H groups in total. The van der Waals surface area contributed by atoms with Crippen LogP contribution in [0.1, 0.15) is 78.1 Å². The van der Waals surface area contributed by atoms with E-state index in [0.29, 0.717) is 12.8 Å². The van der Waals surface area contributed by atoms with Crippen molar-refractivity contribution >= 4 is 19.8 Å². The van der Waals surface area contributed by atoms with Gasteiger partial charge in [-0.25, -0.2) is 4.57 Å². The van der Waals surface area contributed by atoms with Crippen molar-refractivity contribution in [1.82, 2.24) is 0 Å². The predicted octanol–water partition coefficient (Wildman–Crippen LogP) is 3.49. The minimum absolute atomic E-state index is 0.206. The maximum atomic E-state index is 11.8. The van der Waals surface area contributed by atoms with Crippen LogP contribution in [0.2, 0.25) is 0 Å². The molecule has 154 valence electrons. The highest BCUT2D eigenvalue weighted by Gasteiger charge is 2.22. The molecule has 9 heteroatoms. The number of carbonyl (C=O) groups is 2. The van der Waals surface area contributed by atoms with Gasteiger partial charge in [-0.3, -0.25) is 14.1 Å². The maximum absolute atomic E-state index is 11.8. The Morgan fingerprint density at radius 2 is 1.38 bits per heavy atom. The zero-order chi connectivity index (χ0) is 19.8. The number of ether oxygens (including phenoxy) is 2. The summed E-state index contributed by atoms with van der Waals surface area (Å²) >= 11 is 0. The molecule has 0 aliphatic heterocycles. The van der Waals surface area contributed by atoms with Gasteiger partial charge < -0.3 is 19.3 Å². The van der Waals surface area contributed by atoms with Gasteiger partial charge in [0.25, 0.3) is 0 Å². The SMILES string of the molecule is CCCCCCC(=O)OC[C@@H](COP(=O)(O)O)OC(=O)CCCCCC. The van der Waals surface area contributed by atoms with Gasteiger partial charge in [0.1, 0.15) is 6.61 Å². The second kappa shape index (κ2) is 15.1. The van der Waals surface area contributed by atoms with Crippen LogP contribution in [-0.4, -0.2) is 41.0 Å². The first-order chi connectivity index (χ1) is 12.3. The summed E-state index contributed by atoms with van der Waals surface area (Å²) in [6, 6.07) is 0. The van der Waals surface area contributed by atoms with E-state index in [1.165, 1.54) is 0 Å². The Balaban J connectivity index is 4.30. The highest BCUT2D eigenvalue weighted by Crippen LogP contribution is 2.35. The lowest BCUT2D eigenvalue weighted by Crippen LogP contribution is -2.29. The Kier molecular flexibility index (Phi) is 14.6. The molecule has 0 aromatic heterocycles. The van der Waals surface area contributed by atoms with Crippen LogP contribution in [0, 0.1) is 0 Å². The van der Waals surface area contributed by atoms with Gasteiger partial charge in [-0.15, -0.1) is 0 Å². The fourth-order valence-corrected chi connectivity index (χ4v) is 2.55. The van der Waals surface area contributed by atoms with E-state index >= 15 is 0 Å². The number of hydrogen-bond donors (Lipinski definition) is 2. The molecule has 0 radical (unpaired) electrons. The van der Waals surface area contributed by atoms with E-state index in [9.17, 15) is 14.2 Å². The van der Waals surface area contributed by atoms with Crippen molar-refractivity contribution in [3.63, 3.8) is 0 Å². The minimum atomic E-state index is -4.70. The Bertz CT molecular complexity index is 434. The van der Waals surface area contributed by atoms with Crippen LogP contribution >= 0.6 is 7.82 Å². The van der Waals surface area contributed by atoms with Gasteiger partial charge in [-0.05, 0) is 12.8 Å². The Morgan fingerprint density at radius 1 is 0.846 bits per heavy atom. The maximum Gasteiger partial charge on any atom is 0.469 e. The molecule has 0 saturated heterocycles. The highest BCUT2D eigenvalue weighted by atomic mass is 31.2. The summed E-state index contributed by atoms with van der Waals surface area (Å²) in [5.74, 6) is -0.930. The smallest absolute Gasteiger partial charge is 0.462 e. The van der Waals surface area contributed by atoms with E-state index in [1.807, 2.05) is 0 Å². The number of esters is 2. The van der Waals surface area contributed by atoms with Crippen LogP contribution in [0.25, 0.3) is 0 Å². The summed E-state index contributed by atoms with van der Waals surface area (Å²) in [5, 5.41) is 0. The van der Waals surface area contributed by atoms with Gasteiger partial charge in [-0.2, -0.15) is 0 Å². The molecular formula is C17H33O8P. The highest BCUT2D eigenvalue weighted by molar-refractivity contribution is 7.46. The van der Waals surface area contributed by atoms with Crippen molar-refractivity contribution in [2.75, 3.05) is 13.2 Å². The lowest BCUT2D eigenvalue weighted by molar-refractivity contribution is -0.161. The number of hydrogen-bond acceptors (Lipinski definition) is 6. The normalized spacial score (nSPS) is 12.6. The Labute approximate surface area is 155 Å². The van der Waals surface area contributed by atoms with Crippen LogP contribution < -0.4 is 0 Å². The molecule has 1 atom stereocenters. The second-order valence-electron chi connectivity index (χ2n) is 6.20. The third-order valence-corrected chi connectivity index (χ3v) is 4.11. The number of rotatable bonds is 16. The van der Waals surface area contributed by atoms with Crippen LogP contribution in [0.15, 0.2) is 0 Å². The molecule has 26 heavy (non-hydrogen) atoms. The van der Waals surface area contributed by atoms with Crippen LogP contribution in [0.5, 0.6) is 0 Å². The summed E-state index contributed by atoms with van der Waals surface area (Å²) in [6.45, 7) is 3.31. The lowest BCUT2D eigenvalue weighted by Gasteiger charge is -2.18. The fourth-order valence-electron chi connectivity index (χ4n) is 2.19. The van der Waals surface area contributed by atoms with Crippen molar-refractivity contribution in [2.45, 2.75) is 84.2 Å². The molecule has 0 saturated carbocycles. The minimum Gasteiger partial charge on any atom is -0.462 e. The van der Waals surface area contributed by atoms with Crippen molar-refractivity contribution in [3.05, 3.63) is 0 Å².